The minimum absolute atomic E-state index is 0.0742. The SMILES string of the molecule is Cc1cc(C)c(N(C)C2CCC(O)CC2)c(C)c1. The first-order valence-corrected chi connectivity index (χ1v) is 6.97. The molecule has 18 heavy (non-hydrogen) atoms. The lowest BCUT2D eigenvalue weighted by Crippen LogP contribution is -2.37. The standard InChI is InChI=1S/C16H25NO/c1-11-9-12(2)16(13(3)10-11)17(4)14-5-7-15(18)8-6-14/h9-10,14-15,18H,5-8H2,1-4H3. The summed E-state index contributed by atoms with van der Waals surface area (Å²) in [5.41, 5.74) is 5.44. The molecule has 2 nitrogen and oxygen atoms in total. The van der Waals surface area contributed by atoms with Crippen LogP contribution in [-0.4, -0.2) is 24.3 Å². The highest BCUT2D eigenvalue weighted by Crippen LogP contribution is 2.31. The van der Waals surface area contributed by atoms with Crippen LogP contribution in [0.1, 0.15) is 42.4 Å². The number of anilines is 1. The average molecular weight is 247 g/mol. The van der Waals surface area contributed by atoms with E-state index in [4.69, 9.17) is 0 Å². The lowest BCUT2D eigenvalue weighted by atomic mass is 9.91. The van der Waals surface area contributed by atoms with Crippen LogP contribution in [0.5, 0.6) is 0 Å². The van der Waals surface area contributed by atoms with Gasteiger partial charge in [-0.05, 0) is 57.6 Å². The van der Waals surface area contributed by atoms with Crippen LogP contribution in [0.15, 0.2) is 12.1 Å². The number of hydrogen-bond donors (Lipinski definition) is 1. The van der Waals surface area contributed by atoms with Crippen LogP contribution >= 0.6 is 0 Å². The number of aliphatic hydroxyl groups is 1. The second-order valence-corrected chi connectivity index (χ2v) is 5.82. The van der Waals surface area contributed by atoms with Crippen molar-refractivity contribution in [1.82, 2.24) is 0 Å². The van der Waals surface area contributed by atoms with Crippen LogP contribution in [0.4, 0.5) is 5.69 Å². The van der Waals surface area contributed by atoms with Gasteiger partial charge in [0.15, 0.2) is 0 Å². The zero-order valence-electron chi connectivity index (χ0n) is 12.0. The van der Waals surface area contributed by atoms with Crippen molar-refractivity contribution in [2.75, 3.05) is 11.9 Å². The van der Waals surface area contributed by atoms with Crippen molar-refractivity contribution in [3.05, 3.63) is 28.8 Å². The maximum absolute atomic E-state index is 9.61. The fourth-order valence-corrected chi connectivity index (χ4v) is 3.36. The highest BCUT2D eigenvalue weighted by Gasteiger charge is 2.24. The first-order chi connectivity index (χ1) is 8.49. The minimum Gasteiger partial charge on any atom is -0.393 e. The summed E-state index contributed by atoms with van der Waals surface area (Å²) in [5, 5.41) is 9.61. The molecule has 0 heterocycles. The Morgan fingerprint density at radius 2 is 1.50 bits per heavy atom. The van der Waals surface area contributed by atoms with Crippen molar-refractivity contribution < 1.29 is 5.11 Å². The van der Waals surface area contributed by atoms with Gasteiger partial charge >= 0.3 is 0 Å². The molecule has 1 N–H and O–H groups in total. The van der Waals surface area contributed by atoms with Gasteiger partial charge in [-0.2, -0.15) is 0 Å². The molecule has 0 atom stereocenters. The van der Waals surface area contributed by atoms with E-state index in [1.54, 1.807) is 0 Å². The van der Waals surface area contributed by atoms with Crippen molar-refractivity contribution in [3.63, 3.8) is 0 Å². The molecule has 1 aromatic rings. The third kappa shape index (κ3) is 2.69. The van der Waals surface area contributed by atoms with E-state index in [9.17, 15) is 5.11 Å². The molecule has 1 saturated carbocycles. The molecule has 0 bridgehead atoms. The molecule has 100 valence electrons. The largest absolute Gasteiger partial charge is 0.393 e. The molecule has 1 fully saturated rings. The lowest BCUT2D eigenvalue weighted by Gasteiger charge is -2.36. The third-order valence-corrected chi connectivity index (χ3v) is 4.20. The highest BCUT2D eigenvalue weighted by atomic mass is 16.3. The predicted octanol–water partition coefficient (Wildman–Crippen LogP) is 3.35. The van der Waals surface area contributed by atoms with E-state index in [1.165, 1.54) is 22.4 Å². The summed E-state index contributed by atoms with van der Waals surface area (Å²) >= 11 is 0. The average Bonchev–Trinajstić information content (AvgIpc) is 2.28. The van der Waals surface area contributed by atoms with Crippen LogP contribution in [0, 0.1) is 20.8 Å². The first kappa shape index (κ1) is 13.4. The van der Waals surface area contributed by atoms with E-state index in [1.807, 2.05) is 0 Å². The van der Waals surface area contributed by atoms with Crippen molar-refractivity contribution in [1.29, 1.82) is 0 Å². The molecular formula is C16H25NO. The summed E-state index contributed by atoms with van der Waals surface area (Å²) < 4.78 is 0. The van der Waals surface area contributed by atoms with Gasteiger partial charge in [0.25, 0.3) is 0 Å². The number of rotatable bonds is 2. The van der Waals surface area contributed by atoms with Gasteiger partial charge in [-0.1, -0.05) is 17.7 Å². The fourth-order valence-electron chi connectivity index (χ4n) is 3.36. The van der Waals surface area contributed by atoms with Gasteiger partial charge in [0.2, 0.25) is 0 Å². The summed E-state index contributed by atoms with van der Waals surface area (Å²) in [6, 6.07) is 5.10. The molecule has 0 radical (unpaired) electrons. The summed E-state index contributed by atoms with van der Waals surface area (Å²) in [5.74, 6) is 0. The normalized spacial score (nSPS) is 24.1. The molecule has 0 amide bonds. The second kappa shape index (κ2) is 5.31. The Kier molecular flexibility index (Phi) is 3.96. The molecule has 1 aliphatic rings. The number of benzene rings is 1. The second-order valence-electron chi connectivity index (χ2n) is 5.82. The van der Waals surface area contributed by atoms with Gasteiger partial charge in [0.05, 0.1) is 6.10 Å². The molecule has 1 aromatic carbocycles. The van der Waals surface area contributed by atoms with Gasteiger partial charge in [-0.15, -0.1) is 0 Å². The Labute approximate surface area is 111 Å². The zero-order valence-corrected chi connectivity index (χ0v) is 12.0. The summed E-state index contributed by atoms with van der Waals surface area (Å²) in [7, 11) is 2.20. The Morgan fingerprint density at radius 1 is 1.00 bits per heavy atom. The van der Waals surface area contributed by atoms with Gasteiger partial charge in [0, 0.05) is 18.8 Å². The van der Waals surface area contributed by atoms with E-state index in [2.05, 4.69) is 44.9 Å². The number of nitrogens with zero attached hydrogens (tertiary/aromatic N) is 1. The minimum atomic E-state index is -0.0742. The monoisotopic (exact) mass is 247 g/mol. The molecule has 2 heteroatoms. The molecule has 0 saturated heterocycles. The van der Waals surface area contributed by atoms with E-state index in [-0.39, 0.29) is 6.10 Å². The predicted molar refractivity (Wildman–Crippen MR) is 77.3 cm³/mol. The Morgan fingerprint density at radius 3 is 2.00 bits per heavy atom. The summed E-state index contributed by atoms with van der Waals surface area (Å²) in [4.78, 5) is 2.43. The third-order valence-electron chi connectivity index (χ3n) is 4.20. The van der Waals surface area contributed by atoms with Gasteiger partial charge in [0.1, 0.15) is 0 Å². The van der Waals surface area contributed by atoms with Crippen molar-refractivity contribution in [2.24, 2.45) is 0 Å². The highest BCUT2D eigenvalue weighted by molar-refractivity contribution is 5.60. The van der Waals surface area contributed by atoms with Crippen molar-refractivity contribution in [2.45, 2.75) is 58.6 Å². The molecular weight excluding hydrogens is 222 g/mol. The number of aryl methyl sites for hydroxylation is 3. The molecule has 0 aromatic heterocycles. The summed E-state index contributed by atoms with van der Waals surface area (Å²) in [6.07, 6.45) is 4.02. The van der Waals surface area contributed by atoms with E-state index < -0.39 is 0 Å². The van der Waals surface area contributed by atoms with Crippen LogP contribution in [-0.2, 0) is 0 Å². The summed E-state index contributed by atoms with van der Waals surface area (Å²) in [6.45, 7) is 6.55. The fraction of sp³-hybridized carbons (Fsp3) is 0.625. The molecule has 0 aliphatic heterocycles. The van der Waals surface area contributed by atoms with Crippen LogP contribution in [0.3, 0.4) is 0 Å². The Bertz CT molecular complexity index is 396. The molecule has 0 spiro atoms. The maximum Gasteiger partial charge on any atom is 0.0541 e. The van der Waals surface area contributed by atoms with E-state index in [0.29, 0.717) is 6.04 Å². The number of aliphatic hydroxyl groups excluding tert-OH is 1. The van der Waals surface area contributed by atoms with Crippen LogP contribution < -0.4 is 4.90 Å². The maximum atomic E-state index is 9.61. The topological polar surface area (TPSA) is 23.5 Å². The Hall–Kier alpha value is -1.02. The molecule has 2 rings (SSSR count). The van der Waals surface area contributed by atoms with Gasteiger partial charge < -0.3 is 10.0 Å². The van der Waals surface area contributed by atoms with Gasteiger partial charge in [-0.25, -0.2) is 0 Å². The molecule has 1 aliphatic carbocycles. The lowest BCUT2D eigenvalue weighted by molar-refractivity contribution is 0.122. The zero-order chi connectivity index (χ0) is 13.3. The van der Waals surface area contributed by atoms with Crippen LogP contribution in [0.25, 0.3) is 0 Å². The van der Waals surface area contributed by atoms with Crippen LogP contribution in [0.2, 0.25) is 0 Å². The number of hydrogen-bond acceptors (Lipinski definition) is 2. The Balaban J connectivity index is 2.21. The molecule has 0 unspecified atom stereocenters. The quantitative estimate of drug-likeness (QED) is 0.866. The van der Waals surface area contributed by atoms with E-state index in [0.717, 1.165) is 25.7 Å². The van der Waals surface area contributed by atoms with Gasteiger partial charge in [-0.3, -0.25) is 0 Å². The first-order valence-electron chi connectivity index (χ1n) is 6.97. The van der Waals surface area contributed by atoms with Crippen molar-refractivity contribution in [3.8, 4) is 0 Å². The smallest absolute Gasteiger partial charge is 0.0541 e. The van der Waals surface area contributed by atoms with Crippen molar-refractivity contribution >= 4 is 5.69 Å². The van der Waals surface area contributed by atoms with E-state index >= 15 is 0 Å².